The van der Waals surface area contributed by atoms with E-state index >= 15 is 0 Å². The Bertz CT molecular complexity index is 289. The molecule has 1 heterocycles. The fourth-order valence-corrected chi connectivity index (χ4v) is 3.49. The van der Waals surface area contributed by atoms with E-state index in [0.717, 1.165) is 32.4 Å². The minimum absolute atomic E-state index is 0.107. The molecule has 1 aliphatic heterocycles. The van der Waals surface area contributed by atoms with Gasteiger partial charge < -0.3 is 5.32 Å². The molecule has 1 saturated heterocycles. The van der Waals surface area contributed by atoms with E-state index in [1.165, 1.54) is 0 Å². The van der Waals surface area contributed by atoms with Crippen molar-refractivity contribution in [2.45, 2.75) is 37.0 Å². The highest BCUT2D eigenvalue weighted by molar-refractivity contribution is 7.90. The van der Waals surface area contributed by atoms with Crippen LogP contribution in [0.4, 0.5) is 0 Å². The Balaban J connectivity index is 2.03. The molecule has 0 aromatic carbocycles. The molecule has 5 heteroatoms. The highest BCUT2D eigenvalue weighted by atomic mass is 32.2. The Morgan fingerprint density at radius 3 is 2.62 bits per heavy atom. The lowest BCUT2D eigenvalue weighted by Crippen LogP contribution is -2.48. The van der Waals surface area contributed by atoms with Gasteiger partial charge >= 0.3 is 0 Å². The van der Waals surface area contributed by atoms with Crippen molar-refractivity contribution in [3.63, 3.8) is 0 Å². The topological polar surface area (TPSA) is 58.2 Å². The van der Waals surface area contributed by atoms with Crippen molar-refractivity contribution in [2.24, 2.45) is 0 Å². The normalized spacial score (nSPS) is 35.2. The monoisotopic (exact) mass is 204 g/mol. The smallest absolute Gasteiger partial charge is 0.215 e. The highest BCUT2D eigenvalue weighted by Crippen LogP contribution is 2.29. The zero-order chi connectivity index (χ0) is 9.53. The van der Waals surface area contributed by atoms with Crippen molar-refractivity contribution in [2.75, 3.05) is 13.1 Å². The first-order valence-electron chi connectivity index (χ1n) is 4.75. The van der Waals surface area contributed by atoms with Gasteiger partial charge in [0.05, 0.1) is 5.25 Å². The molecule has 0 bridgehead atoms. The second-order valence-electron chi connectivity index (χ2n) is 4.33. The molecular formula is C8H16N2O2S. The van der Waals surface area contributed by atoms with Gasteiger partial charge in [0.1, 0.15) is 0 Å². The Hall–Kier alpha value is -0.130. The van der Waals surface area contributed by atoms with Crippen LogP contribution in [0.15, 0.2) is 0 Å². The van der Waals surface area contributed by atoms with Crippen LogP contribution in [-0.4, -0.2) is 32.3 Å². The van der Waals surface area contributed by atoms with Gasteiger partial charge in [-0.3, -0.25) is 0 Å². The average Bonchev–Trinajstić information content (AvgIpc) is 2.76. The fourth-order valence-electron chi connectivity index (χ4n) is 1.71. The third-order valence-electron chi connectivity index (χ3n) is 2.72. The van der Waals surface area contributed by atoms with Gasteiger partial charge in [-0.25, -0.2) is 13.1 Å². The second-order valence-corrected chi connectivity index (χ2v) is 6.29. The summed E-state index contributed by atoms with van der Waals surface area (Å²) in [5, 5.41) is 3.06. The Labute approximate surface area is 79.1 Å². The maximum atomic E-state index is 11.6. The van der Waals surface area contributed by atoms with Gasteiger partial charge in [0, 0.05) is 12.1 Å². The van der Waals surface area contributed by atoms with Crippen molar-refractivity contribution in [3.8, 4) is 0 Å². The maximum absolute atomic E-state index is 11.6. The van der Waals surface area contributed by atoms with Crippen LogP contribution in [0.25, 0.3) is 0 Å². The lowest BCUT2D eigenvalue weighted by atomic mass is 10.0. The number of nitrogens with one attached hydrogen (secondary N) is 2. The van der Waals surface area contributed by atoms with Gasteiger partial charge in [-0.2, -0.15) is 0 Å². The minimum atomic E-state index is -3.02. The molecule has 0 amide bonds. The standard InChI is InChI=1S/C8H16N2O2S/c1-8(4-5-9-6-8)10-13(11,12)7-2-3-7/h7,9-10H,2-6H2,1H3. The van der Waals surface area contributed by atoms with Gasteiger partial charge in [0.25, 0.3) is 0 Å². The fraction of sp³-hybridized carbons (Fsp3) is 1.00. The first-order chi connectivity index (χ1) is 6.02. The molecule has 2 aliphatic rings. The maximum Gasteiger partial charge on any atom is 0.215 e. The first-order valence-corrected chi connectivity index (χ1v) is 6.30. The Morgan fingerprint density at radius 1 is 1.46 bits per heavy atom. The summed E-state index contributed by atoms with van der Waals surface area (Å²) in [4.78, 5) is 0. The second kappa shape index (κ2) is 2.93. The summed E-state index contributed by atoms with van der Waals surface area (Å²) in [7, 11) is -3.02. The third kappa shape index (κ3) is 2.03. The lowest BCUT2D eigenvalue weighted by Gasteiger charge is -2.23. The molecule has 2 N–H and O–H groups in total. The molecule has 13 heavy (non-hydrogen) atoms. The molecule has 0 radical (unpaired) electrons. The van der Waals surface area contributed by atoms with Gasteiger partial charge in [0.2, 0.25) is 10.0 Å². The molecule has 1 unspecified atom stereocenters. The summed E-state index contributed by atoms with van der Waals surface area (Å²) in [6.45, 7) is 3.62. The van der Waals surface area contributed by atoms with E-state index in [2.05, 4.69) is 10.0 Å². The van der Waals surface area contributed by atoms with Crippen LogP contribution in [-0.2, 0) is 10.0 Å². The lowest BCUT2D eigenvalue weighted by molar-refractivity contribution is 0.451. The predicted molar refractivity (Wildman–Crippen MR) is 51.0 cm³/mol. The van der Waals surface area contributed by atoms with Crippen molar-refractivity contribution < 1.29 is 8.42 Å². The minimum Gasteiger partial charge on any atom is -0.315 e. The molecule has 0 aromatic heterocycles. The van der Waals surface area contributed by atoms with Crippen molar-refractivity contribution >= 4 is 10.0 Å². The number of rotatable bonds is 3. The Morgan fingerprint density at radius 2 is 2.15 bits per heavy atom. The average molecular weight is 204 g/mol. The van der Waals surface area contributed by atoms with E-state index in [-0.39, 0.29) is 10.8 Å². The molecule has 1 aliphatic carbocycles. The molecular weight excluding hydrogens is 188 g/mol. The quantitative estimate of drug-likeness (QED) is 0.670. The van der Waals surface area contributed by atoms with E-state index < -0.39 is 10.0 Å². The van der Waals surface area contributed by atoms with E-state index in [1.54, 1.807) is 0 Å². The van der Waals surface area contributed by atoms with Crippen LogP contribution in [0.5, 0.6) is 0 Å². The SMILES string of the molecule is CC1(NS(=O)(=O)C2CC2)CCNC1. The largest absolute Gasteiger partial charge is 0.315 e. The van der Waals surface area contributed by atoms with Crippen LogP contribution >= 0.6 is 0 Å². The molecule has 4 nitrogen and oxygen atoms in total. The molecule has 0 spiro atoms. The van der Waals surface area contributed by atoms with Crippen LogP contribution < -0.4 is 10.0 Å². The highest BCUT2D eigenvalue weighted by Gasteiger charge is 2.41. The Kier molecular flexibility index (Phi) is 2.13. The van der Waals surface area contributed by atoms with E-state index in [9.17, 15) is 8.42 Å². The van der Waals surface area contributed by atoms with Crippen molar-refractivity contribution in [3.05, 3.63) is 0 Å². The summed E-state index contributed by atoms with van der Waals surface area (Å²) in [5.74, 6) is 0. The van der Waals surface area contributed by atoms with Crippen LogP contribution in [0, 0.1) is 0 Å². The van der Waals surface area contributed by atoms with Gasteiger partial charge in [-0.05, 0) is 32.7 Å². The summed E-state index contributed by atoms with van der Waals surface area (Å²) >= 11 is 0. The zero-order valence-electron chi connectivity index (χ0n) is 7.84. The third-order valence-corrected chi connectivity index (χ3v) is 4.85. The molecule has 76 valence electrons. The zero-order valence-corrected chi connectivity index (χ0v) is 8.65. The van der Waals surface area contributed by atoms with E-state index in [1.807, 2.05) is 6.92 Å². The predicted octanol–water partition coefficient (Wildman–Crippen LogP) is -0.180. The molecule has 2 fully saturated rings. The number of hydrogen-bond donors (Lipinski definition) is 2. The van der Waals surface area contributed by atoms with Gasteiger partial charge in [0.15, 0.2) is 0 Å². The summed E-state index contributed by atoms with van der Waals surface area (Å²) in [6, 6.07) is 0. The van der Waals surface area contributed by atoms with Crippen LogP contribution in [0.3, 0.4) is 0 Å². The summed E-state index contributed by atoms with van der Waals surface area (Å²) in [5.41, 5.74) is -0.249. The molecule has 0 aromatic rings. The number of hydrogen-bond acceptors (Lipinski definition) is 3. The number of sulfonamides is 1. The van der Waals surface area contributed by atoms with Gasteiger partial charge in [-0.15, -0.1) is 0 Å². The van der Waals surface area contributed by atoms with Crippen LogP contribution in [0.1, 0.15) is 26.2 Å². The molecule has 2 rings (SSSR count). The van der Waals surface area contributed by atoms with Gasteiger partial charge in [-0.1, -0.05) is 0 Å². The van der Waals surface area contributed by atoms with Crippen LogP contribution in [0.2, 0.25) is 0 Å². The van der Waals surface area contributed by atoms with E-state index in [0.29, 0.717) is 0 Å². The molecule has 1 saturated carbocycles. The summed E-state index contributed by atoms with van der Waals surface area (Å²) in [6.07, 6.45) is 2.55. The van der Waals surface area contributed by atoms with Crippen molar-refractivity contribution in [1.82, 2.24) is 10.0 Å². The molecule has 1 atom stereocenters. The first kappa shape index (κ1) is 9.43. The van der Waals surface area contributed by atoms with E-state index in [4.69, 9.17) is 0 Å². The van der Waals surface area contributed by atoms with Crippen molar-refractivity contribution in [1.29, 1.82) is 0 Å². The summed E-state index contributed by atoms with van der Waals surface area (Å²) < 4.78 is 26.0.